The molecule has 1 atom stereocenters. The van der Waals surface area contributed by atoms with Crippen molar-refractivity contribution in [3.63, 3.8) is 0 Å². The van der Waals surface area contributed by atoms with E-state index in [0.29, 0.717) is 22.9 Å². The van der Waals surface area contributed by atoms with Gasteiger partial charge in [0.1, 0.15) is 16.7 Å². The van der Waals surface area contributed by atoms with Crippen LogP contribution in [0.4, 0.5) is 11.4 Å². The molecule has 0 bridgehead atoms. The number of thioether (sulfide) groups is 1. The SMILES string of the molecule is COc1ccc(OC)c(NC(=O)C(Sc2ccc(NS(=O)(=O)c3ccc(C)cc3)cc2)c2ccccc2)c1. The molecule has 0 radical (unpaired) electrons. The van der Waals surface area contributed by atoms with Crippen molar-refractivity contribution in [3.05, 3.63) is 108 Å². The third-order valence-corrected chi connectivity index (χ3v) is 8.36. The maximum Gasteiger partial charge on any atom is 0.261 e. The van der Waals surface area contributed by atoms with Crippen LogP contribution in [0, 0.1) is 6.92 Å². The minimum absolute atomic E-state index is 0.190. The van der Waals surface area contributed by atoms with Crippen molar-refractivity contribution >= 4 is 39.1 Å². The number of aryl methyl sites for hydroxylation is 1. The van der Waals surface area contributed by atoms with Crippen molar-refractivity contribution in [2.45, 2.75) is 22.0 Å². The van der Waals surface area contributed by atoms with Gasteiger partial charge in [0, 0.05) is 16.6 Å². The van der Waals surface area contributed by atoms with Crippen LogP contribution in [0.25, 0.3) is 0 Å². The summed E-state index contributed by atoms with van der Waals surface area (Å²) < 4.78 is 38.8. The highest BCUT2D eigenvalue weighted by molar-refractivity contribution is 8.00. The summed E-state index contributed by atoms with van der Waals surface area (Å²) in [6.07, 6.45) is 0. The molecule has 4 aromatic carbocycles. The Labute approximate surface area is 227 Å². The number of nitrogens with one attached hydrogen (secondary N) is 2. The number of benzene rings is 4. The fourth-order valence-electron chi connectivity index (χ4n) is 3.68. The number of ether oxygens (including phenoxy) is 2. The van der Waals surface area contributed by atoms with Crippen molar-refractivity contribution < 1.29 is 22.7 Å². The molecule has 0 aliphatic carbocycles. The second-order valence-electron chi connectivity index (χ2n) is 8.41. The molecule has 0 aliphatic rings. The lowest BCUT2D eigenvalue weighted by molar-refractivity contribution is -0.115. The number of carbonyl (C=O) groups is 1. The molecule has 0 spiro atoms. The van der Waals surface area contributed by atoms with E-state index in [0.717, 1.165) is 16.0 Å². The van der Waals surface area contributed by atoms with Gasteiger partial charge in [-0.3, -0.25) is 9.52 Å². The molecule has 1 unspecified atom stereocenters. The van der Waals surface area contributed by atoms with Crippen LogP contribution in [0.1, 0.15) is 16.4 Å². The number of rotatable bonds is 10. The number of hydrogen-bond acceptors (Lipinski definition) is 6. The third kappa shape index (κ3) is 6.67. The molecule has 0 aromatic heterocycles. The van der Waals surface area contributed by atoms with Gasteiger partial charge in [-0.1, -0.05) is 48.0 Å². The molecular formula is C29H28N2O5S2. The Morgan fingerprint density at radius 2 is 1.53 bits per heavy atom. The number of amides is 1. The summed E-state index contributed by atoms with van der Waals surface area (Å²) in [5, 5.41) is 2.38. The van der Waals surface area contributed by atoms with Gasteiger partial charge in [-0.2, -0.15) is 0 Å². The molecule has 196 valence electrons. The lowest BCUT2D eigenvalue weighted by Gasteiger charge is -2.19. The van der Waals surface area contributed by atoms with Crippen LogP contribution >= 0.6 is 11.8 Å². The van der Waals surface area contributed by atoms with E-state index in [1.807, 2.05) is 37.3 Å². The van der Waals surface area contributed by atoms with Crippen LogP contribution in [0.2, 0.25) is 0 Å². The highest BCUT2D eigenvalue weighted by Crippen LogP contribution is 2.38. The van der Waals surface area contributed by atoms with Gasteiger partial charge >= 0.3 is 0 Å². The summed E-state index contributed by atoms with van der Waals surface area (Å²) in [6, 6.07) is 28.2. The minimum atomic E-state index is -3.71. The van der Waals surface area contributed by atoms with E-state index in [2.05, 4.69) is 10.0 Å². The first-order valence-corrected chi connectivity index (χ1v) is 14.1. The average Bonchev–Trinajstić information content (AvgIpc) is 2.93. The Kier molecular flexibility index (Phi) is 8.60. The largest absolute Gasteiger partial charge is 0.497 e. The van der Waals surface area contributed by atoms with E-state index in [1.54, 1.807) is 73.8 Å². The van der Waals surface area contributed by atoms with E-state index in [9.17, 15) is 13.2 Å². The van der Waals surface area contributed by atoms with Crippen LogP contribution < -0.4 is 19.5 Å². The molecule has 0 fully saturated rings. The van der Waals surface area contributed by atoms with Gasteiger partial charge in [-0.05, 0) is 61.0 Å². The predicted molar refractivity (Wildman–Crippen MR) is 152 cm³/mol. The van der Waals surface area contributed by atoms with Crippen molar-refractivity contribution in [1.82, 2.24) is 0 Å². The van der Waals surface area contributed by atoms with Gasteiger partial charge in [-0.15, -0.1) is 11.8 Å². The Balaban J connectivity index is 1.54. The first-order valence-electron chi connectivity index (χ1n) is 11.7. The minimum Gasteiger partial charge on any atom is -0.497 e. The molecule has 7 nitrogen and oxygen atoms in total. The molecular weight excluding hydrogens is 520 g/mol. The monoisotopic (exact) mass is 548 g/mol. The summed E-state index contributed by atoms with van der Waals surface area (Å²) >= 11 is 1.36. The summed E-state index contributed by atoms with van der Waals surface area (Å²) in [5.74, 6) is 0.867. The van der Waals surface area contributed by atoms with Crippen molar-refractivity contribution in [2.24, 2.45) is 0 Å². The molecule has 4 rings (SSSR count). The first-order chi connectivity index (χ1) is 18.3. The standard InChI is InChI=1S/C29H28N2O5S2/c1-20-9-16-25(17-10-20)38(33,34)31-22-11-14-24(15-12-22)37-28(21-7-5-4-6-8-21)29(32)30-26-19-23(35-2)13-18-27(26)36-3/h4-19,28,31H,1-3H3,(H,30,32). The molecule has 2 N–H and O–H groups in total. The molecule has 9 heteroatoms. The second kappa shape index (κ2) is 12.1. The number of carbonyl (C=O) groups excluding carboxylic acids is 1. The molecule has 0 aliphatic heterocycles. The number of anilines is 2. The van der Waals surface area contributed by atoms with E-state index in [4.69, 9.17) is 9.47 Å². The molecule has 4 aromatic rings. The van der Waals surface area contributed by atoms with Gasteiger partial charge in [0.05, 0.1) is 24.8 Å². The molecule has 38 heavy (non-hydrogen) atoms. The van der Waals surface area contributed by atoms with Gasteiger partial charge in [0.2, 0.25) is 5.91 Å². The van der Waals surface area contributed by atoms with Crippen molar-refractivity contribution in [2.75, 3.05) is 24.3 Å². The Morgan fingerprint density at radius 3 is 2.16 bits per heavy atom. The number of hydrogen-bond donors (Lipinski definition) is 2. The molecule has 0 saturated heterocycles. The summed E-state index contributed by atoms with van der Waals surface area (Å²) in [5.41, 5.74) is 2.73. The lowest BCUT2D eigenvalue weighted by atomic mass is 10.1. The number of methoxy groups -OCH3 is 2. The van der Waals surface area contributed by atoms with E-state index < -0.39 is 15.3 Å². The zero-order valence-electron chi connectivity index (χ0n) is 21.2. The van der Waals surface area contributed by atoms with Crippen LogP contribution in [0.5, 0.6) is 11.5 Å². The van der Waals surface area contributed by atoms with Gasteiger partial charge < -0.3 is 14.8 Å². The zero-order valence-corrected chi connectivity index (χ0v) is 22.8. The highest BCUT2D eigenvalue weighted by atomic mass is 32.2. The maximum absolute atomic E-state index is 13.5. The van der Waals surface area contributed by atoms with Crippen LogP contribution in [0.15, 0.2) is 107 Å². The second-order valence-corrected chi connectivity index (χ2v) is 11.3. The Bertz CT molecular complexity index is 1490. The van der Waals surface area contributed by atoms with Crippen molar-refractivity contribution in [1.29, 1.82) is 0 Å². The van der Waals surface area contributed by atoms with Crippen LogP contribution in [-0.2, 0) is 14.8 Å². The maximum atomic E-state index is 13.5. The number of sulfonamides is 1. The van der Waals surface area contributed by atoms with E-state index in [-0.39, 0.29) is 10.8 Å². The highest BCUT2D eigenvalue weighted by Gasteiger charge is 2.24. The third-order valence-electron chi connectivity index (χ3n) is 5.70. The molecule has 0 saturated carbocycles. The van der Waals surface area contributed by atoms with Gasteiger partial charge in [0.15, 0.2) is 0 Å². The van der Waals surface area contributed by atoms with Gasteiger partial charge in [0.25, 0.3) is 10.0 Å². The normalized spacial score (nSPS) is 11.9. The quantitative estimate of drug-likeness (QED) is 0.226. The summed E-state index contributed by atoms with van der Waals surface area (Å²) in [6.45, 7) is 1.90. The topological polar surface area (TPSA) is 93.7 Å². The van der Waals surface area contributed by atoms with E-state index in [1.165, 1.54) is 18.9 Å². The fraction of sp³-hybridized carbons (Fsp3) is 0.138. The first kappa shape index (κ1) is 27.1. The smallest absolute Gasteiger partial charge is 0.261 e. The fourth-order valence-corrected chi connectivity index (χ4v) is 5.76. The Morgan fingerprint density at radius 1 is 0.842 bits per heavy atom. The molecule has 0 heterocycles. The summed E-state index contributed by atoms with van der Waals surface area (Å²) in [7, 11) is -0.619. The molecule has 1 amide bonds. The predicted octanol–water partition coefficient (Wildman–Crippen LogP) is 6.29. The van der Waals surface area contributed by atoms with Gasteiger partial charge in [-0.25, -0.2) is 8.42 Å². The zero-order chi connectivity index (χ0) is 27.1. The Hall–Kier alpha value is -3.95. The van der Waals surface area contributed by atoms with Crippen molar-refractivity contribution in [3.8, 4) is 11.5 Å². The lowest BCUT2D eigenvalue weighted by Crippen LogP contribution is -2.19. The summed E-state index contributed by atoms with van der Waals surface area (Å²) in [4.78, 5) is 14.5. The average molecular weight is 549 g/mol. The van der Waals surface area contributed by atoms with Crippen LogP contribution in [-0.4, -0.2) is 28.5 Å². The van der Waals surface area contributed by atoms with Crippen LogP contribution in [0.3, 0.4) is 0 Å². The van der Waals surface area contributed by atoms with E-state index >= 15 is 0 Å².